The van der Waals surface area contributed by atoms with Crippen LogP contribution in [-0.4, -0.2) is 54.9 Å². The third-order valence-electron chi connectivity index (χ3n) is 4.54. The van der Waals surface area contributed by atoms with Crippen molar-refractivity contribution in [3.05, 3.63) is 57.5 Å². The molecule has 2 aromatic heterocycles. The Labute approximate surface area is 181 Å². The Hall–Kier alpha value is -1.91. The van der Waals surface area contributed by atoms with Crippen LogP contribution >= 0.6 is 34.5 Å². The minimum atomic E-state index is -3.86. The number of hydrogen-bond donors (Lipinski definition) is 0. The first-order valence-electron chi connectivity index (χ1n) is 8.62. The van der Waals surface area contributed by atoms with E-state index in [1.807, 2.05) is 17.5 Å². The number of sulfonamides is 1. The molecule has 1 saturated heterocycles. The number of aromatic nitrogens is 1. The fourth-order valence-electron chi connectivity index (χ4n) is 3.06. The van der Waals surface area contributed by atoms with E-state index in [0.29, 0.717) is 5.76 Å². The topological polar surface area (TPSA) is 83.7 Å². The number of benzene rings is 1. The zero-order valence-corrected chi connectivity index (χ0v) is 18.1. The quantitative estimate of drug-likeness (QED) is 0.576. The van der Waals surface area contributed by atoms with E-state index < -0.39 is 10.0 Å². The Morgan fingerprint density at radius 1 is 1.07 bits per heavy atom. The molecular formula is C18H15Cl2N3O4S2. The van der Waals surface area contributed by atoms with Crippen LogP contribution in [0.1, 0.15) is 10.5 Å². The van der Waals surface area contributed by atoms with Crippen LogP contribution < -0.4 is 0 Å². The molecule has 0 unspecified atom stereocenters. The normalized spacial score (nSPS) is 15.6. The average molecular weight is 472 g/mol. The monoisotopic (exact) mass is 471 g/mol. The lowest BCUT2D eigenvalue weighted by atomic mass is 10.2. The van der Waals surface area contributed by atoms with Gasteiger partial charge in [0.25, 0.3) is 5.91 Å². The van der Waals surface area contributed by atoms with Gasteiger partial charge in [0.2, 0.25) is 10.0 Å². The molecule has 152 valence electrons. The first kappa shape index (κ1) is 20.4. The second kappa shape index (κ2) is 8.08. The number of thiophene rings is 1. The van der Waals surface area contributed by atoms with E-state index in [1.165, 1.54) is 27.8 Å². The van der Waals surface area contributed by atoms with Crippen molar-refractivity contribution in [2.75, 3.05) is 26.2 Å². The molecule has 29 heavy (non-hydrogen) atoms. The number of amides is 1. The Bertz CT molecular complexity index is 1120. The zero-order valence-electron chi connectivity index (χ0n) is 14.9. The fraction of sp³-hybridized carbons (Fsp3) is 0.222. The van der Waals surface area contributed by atoms with Crippen LogP contribution in [0.5, 0.6) is 0 Å². The van der Waals surface area contributed by atoms with Crippen LogP contribution in [0.4, 0.5) is 0 Å². The summed E-state index contributed by atoms with van der Waals surface area (Å²) in [5.41, 5.74) is 0.193. The number of hydrogen-bond acceptors (Lipinski definition) is 6. The summed E-state index contributed by atoms with van der Waals surface area (Å²) in [4.78, 5) is 15.0. The van der Waals surface area contributed by atoms with E-state index in [9.17, 15) is 13.2 Å². The molecule has 0 radical (unpaired) electrons. The van der Waals surface area contributed by atoms with Gasteiger partial charge in [-0.3, -0.25) is 4.79 Å². The summed E-state index contributed by atoms with van der Waals surface area (Å²) in [6.07, 6.45) is 0. The maximum absolute atomic E-state index is 12.9. The van der Waals surface area contributed by atoms with E-state index in [-0.39, 0.29) is 52.7 Å². The highest BCUT2D eigenvalue weighted by Gasteiger charge is 2.33. The van der Waals surface area contributed by atoms with Gasteiger partial charge in [-0.1, -0.05) is 40.5 Å². The highest BCUT2D eigenvalue weighted by molar-refractivity contribution is 7.89. The predicted molar refractivity (Wildman–Crippen MR) is 111 cm³/mol. The van der Waals surface area contributed by atoms with Crippen molar-refractivity contribution in [2.45, 2.75) is 4.90 Å². The van der Waals surface area contributed by atoms with E-state index in [4.69, 9.17) is 27.7 Å². The Morgan fingerprint density at radius 3 is 2.38 bits per heavy atom. The molecule has 0 bridgehead atoms. The number of piperazine rings is 1. The van der Waals surface area contributed by atoms with Crippen molar-refractivity contribution >= 4 is 50.5 Å². The molecule has 4 rings (SSSR count). The Balaban J connectivity index is 1.46. The molecule has 7 nitrogen and oxygen atoms in total. The summed E-state index contributed by atoms with van der Waals surface area (Å²) < 4.78 is 32.4. The standard InChI is InChI=1S/C18H15Cl2N3O4S2/c19-12-3-1-4-13(20)17(12)29(25,26)23-8-6-22(7-9-23)18(24)14-11-15(27-21-14)16-5-2-10-28-16/h1-5,10-11H,6-9H2. The van der Waals surface area contributed by atoms with Crippen molar-refractivity contribution in [1.82, 2.24) is 14.4 Å². The number of nitrogens with zero attached hydrogens (tertiary/aromatic N) is 3. The number of halogens is 2. The summed E-state index contributed by atoms with van der Waals surface area (Å²) in [6.45, 7) is 0.708. The summed E-state index contributed by atoms with van der Waals surface area (Å²) in [5.74, 6) is 0.224. The second-order valence-electron chi connectivity index (χ2n) is 6.30. The molecule has 0 N–H and O–H groups in total. The smallest absolute Gasteiger partial charge is 0.276 e. The minimum Gasteiger partial charge on any atom is -0.355 e. The van der Waals surface area contributed by atoms with E-state index >= 15 is 0 Å². The summed E-state index contributed by atoms with van der Waals surface area (Å²) in [5, 5.41) is 5.90. The van der Waals surface area contributed by atoms with Crippen molar-refractivity contribution < 1.29 is 17.7 Å². The third kappa shape index (κ3) is 3.93. The summed E-state index contributed by atoms with van der Waals surface area (Å²) in [7, 11) is -3.86. The van der Waals surface area contributed by atoms with Crippen molar-refractivity contribution in [3.8, 4) is 10.6 Å². The van der Waals surface area contributed by atoms with Crippen molar-refractivity contribution in [1.29, 1.82) is 0 Å². The van der Waals surface area contributed by atoms with Crippen molar-refractivity contribution in [3.63, 3.8) is 0 Å². The minimum absolute atomic E-state index is 0.0692. The second-order valence-corrected chi connectivity index (χ2v) is 9.94. The van der Waals surface area contributed by atoms with Gasteiger partial charge in [0.1, 0.15) is 4.90 Å². The maximum atomic E-state index is 12.9. The van der Waals surface area contributed by atoms with Gasteiger partial charge in [-0.2, -0.15) is 4.31 Å². The van der Waals surface area contributed by atoms with Gasteiger partial charge < -0.3 is 9.42 Å². The fourth-order valence-corrected chi connectivity index (χ4v) is 6.25. The van der Waals surface area contributed by atoms with Crippen LogP contribution in [0.15, 0.2) is 51.2 Å². The number of carbonyl (C=O) groups excluding carboxylic acids is 1. The largest absolute Gasteiger partial charge is 0.355 e. The van der Waals surface area contributed by atoms with Gasteiger partial charge in [0.15, 0.2) is 11.5 Å². The average Bonchev–Trinajstić information content (AvgIpc) is 3.39. The molecule has 0 atom stereocenters. The van der Waals surface area contributed by atoms with Gasteiger partial charge in [-0.05, 0) is 23.6 Å². The lowest BCUT2D eigenvalue weighted by Gasteiger charge is -2.33. The molecule has 3 heterocycles. The SMILES string of the molecule is O=C(c1cc(-c2cccs2)on1)N1CCN(S(=O)(=O)c2c(Cl)cccc2Cl)CC1. The lowest BCUT2D eigenvalue weighted by Crippen LogP contribution is -2.50. The van der Waals surface area contributed by atoms with Crippen LogP contribution in [0.3, 0.4) is 0 Å². The van der Waals surface area contributed by atoms with Gasteiger partial charge in [0.05, 0.1) is 14.9 Å². The molecule has 3 aromatic rings. The van der Waals surface area contributed by atoms with Crippen LogP contribution in [0.25, 0.3) is 10.6 Å². The molecule has 0 spiro atoms. The highest BCUT2D eigenvalue weighted by Crippen LogP contribution is 2.32. The Morgan fingerprint density at radius 2 is 1.76 bits per heavy atom. The van der Waals surface area contributed by atoms with Gasteiger partial charge >= 0.3 is 0 Å². The molecule has 0 aliphatic carbocycles. The van der Waals surface area contributed by atoms with Crippen LogP contribution in [0, 0.1) is 0 Å². The predicted octanol–water partition coefficient (Wildman–Crippen LogP) is 3.86. The van der Waals surface area contributed by atoms with E-state index in [0.717, 1.165) is 4.88 Å². The first-order chi connectivity index (χ1) is 13.9. The molecule has 1 fully saturated rings. The number of rotatable bonds is 4. The maximum Gasteiger partial charge on any atom is 0.276 e. The molecular weight excluding hydrogens is 457 g/mol. The molecule has 0 saturated carbocycles. The van der Waals surface area contributed by atoms with Crippen molar-refractivity contribution in [2.24, 2.45) is 0 Å². The van der Waals surface area contributed by atoms with Crippen LogP contribution in [0.2, 0.25) is 10.0 Å². The summed E-state index contributed by atoms with van der Waals surface area (Å²) >= 11 is 13.6. The number of carbonyl (C=O) groups is 1. The zero-order chi connectivity index (χ0) is 20.6. The third-order valence-corrected chi connectivity index (χ3v) is 8.28. The lowest BCUT2D eigenvalue weighted by molar-refractivity contribution is 0.0687. The van der Waals surface area contributed by atoms with E-state index in [2.05, 4.69) is 5.16 Å². The van der Waals surface area contributed by atoms with Gasteiger partial charge in [-0.25, -0.2) is 8.42 Å². The summed E-state index contributed by atoms with van der Waals surface area (Å²) in [6, 6.07) is 9.91. The first-order valence-corrected chi connectivity index (χ1v) is 11.7. The molecule has 1 amide bonds. The molecule has 1 aromatic carbocycles. The Kier molecular flexibility index (Phi) is 5.67. The van der Waals surface area contributed by atoms with Crippen LogP contribution in [-0.2, 0) is 10.0 Å². The molecule has 1 aliphatic heterocycles. The molecule has 11 heteroatoms. The van der Waals surface area contributed by atoms with Gasteiger partial charge in [-0.15, -0.1) is 11.3 Å². The van der Waals surface area contributed by atoms with E-state index in [1.54, 1.807) is 17.0 Å². The highest BCUT2D eigenvalue weighted by atomic mass is 35.5. The molecule has 1 aliphatic rings. The van der Waals surface area contributed by atoms with Gasteiger partial charge in [0, 0.05) is 32.2 Å².